The third-order valence-electron chi connectivity index (χ3n) is 4.59. The molecule has 170 valence electrons. The second kappa shape index (κ2) is 8.91. The monoisotopic (exact) mass is 455 g/mol. The number of carbonyl (C=O) groups excluding carboxylic acids is 1. The number of hydrogen-bond donors (Lipinski definition) is 0. The van der Waals surface area contributed by atoms with Crippen molar-refractivity contribution in [3.63, 3.8) is 0 Å². The number of amides is 1. The fourth-order valence-corrected chi connectivity index (χ4v) is 3.82. The molecule has 1 aromatic carbocycles. The van der Waals surface area contributed by atoms with E-state index in [1.807, 2.05) is 20.8 Å². The maximum atomic E-state index is 14.1. The number of hydrogen-bond acceptors (Lipinski definition) is 8. The van der Waals surface area contributed by atoms with Gasteiger partial charge in [0.2, 0.25) is 0 Å². The second-order valence-corrected chi connectivity index (χ2v) is 10.4. The summed E-state index contributed by atoms with van der Waals surface area (Å²) in [5.74, 6) is -0.526. The normalized spacial score (nSPS) is 15.8. The van der Waals surface area contributed by atoms with Crippen LogP contribution in [0, 0.1) is 5.82 Å². The Morgan fingerprint density at radius 1 is 1.29 bits per heavy atom. The Labute approximate surface area is 180 Å². The number of likely N-dealkylation sites (tertiary alicyclic amines) is 1. The fourth-order valence-electron chi connectivity index (χ4n) is 3.09. The number of benzene rings is 1. The Morgan fingerprint density at radius 3 is 2.55 bits per heavy atom. The third-order valence-corrected chi connectivity index (χ3v) is 5.72. The Kier molecular flexibility index (Phi) is 6.65. The summed E-state index contributed by atoms with van der Waals surface area (Å²) < 4.78 is 53.5. The van der Waals surface area contributed by atoms with E-state index in [1.165, 1.54) is 12.1 Å². The largest absolute Gasteiger partial charge is 0.444 e. The molecule has 9 nitrogen and oxygen atoms in total. The van der Waals surface area contributed by atoms with Gasteiger partial charge in [-0.3, -0.25) is 0 Å². The van der Waals surface area contributed by atoms with Crippen molar-refractivity contribution in [1.82, 2.24) is 15.0 Å². The van der Waals surface area contributed by atoms with Crippen molar-refractivity contribution in [1.29, 1.82) is 0 Å². The van der Waals surface area contributed by atoms with Gasteiger partial charge in [0.05, 0.1) is 6.10 Å². The SMILES string of the molecule is CC(C)(C)OC(=O)N1CCC(OCc2noc(-c3ccc(S(C)(=O)=O)c(F)c3)n2)CC1. The highest BCUT2D eigenvalue weighted by Crippen LogP contribution is 2.24. The van der Waals surface area contributed by atoms with E-state index in [0.29, 0.717) is 25.9 Å². The van der Waals surface area contributed by atoms with E-state index in [0.717, 1.165) is 12.3 Å². The van der Waals surface area contributed by atoms with Crippen LogP contribution in [0.4, 0.5) is 9.18 Å². The first-order valence-corrected chi connectivity index (χ1v) is 11.7. The lowest BCUT2D eigenvalue weighted by Crippen LogP contribution is -2.43. The molecular weight excluding hydrogens is 429 g/mol. The minimum Gasteiger partial charge on any atom is -0.444 e. The molecule has 0 bridgehead atoms. The predicted molar refractivity (Wildman–Crippen MR) is 108 cm³/mol. The molecule has 1 saturated heterocycles. The zero-order valence-corrected chi connectivity index (χ0v) is 18.7. The second-order valence-electron chi connectivity index (χ2n) is 8.41. The minimum absolute atomic E-state index is 0.0628. The van der Waals surface area contributed by atoms with Gasteiger partial charge in [0.15, 0.2) is 15.7 Å². The summed E-state index contributed by atoms with van der Waals surface area (Å²) >= 11 is 0. The molecule has 0 N–H and O–H groups in total. The number of ether oxygens (including phenoxy) is 2. The Hall–Kier alpha value is -2.53. The molecule has 0 saturated carbocycles. The van der Waals surface area contributed by atoms with E-state index in [2.05, 4.69) is 10.1 Å². The van der Waals surface area contributed by atoms with E-state index >= 15 is 0 Å². The summed E-state index contributed by atoms with van der Waals surface area (Å²) in [7, 11) is -3.66. The van der Waals surface area contributed by atoms with Crippen molar-refractivity contribution >= 4 is 15.9 Å². The maximum Gasteiger partial charge on any atom is 0.410 e. The molecule has 2 aromatic rings. The van der Waals surface area contributed by atoms with E-state index in [4.69, 9.17) is 14.0 Å². The van der Waals surface area contributed by atoms with Crippen molar-refractivity contribution in [2.24, 2.45) is 0 Å². The van der Waals surface area contributed by atoms with Crippen LogP contribution in [-0.2, 0) is 25.9 Å². The predicted octanol–water partition coefficient (Wildman–Crippen LogP) is 3.20. The van der Waals surface area contributed by atoms with Crippen molar-refractivity contribution in [2.45, 2.75) is 56.8 Å². The number of aromatic nitrogens is 2. The Morgan fingerprint density at radius 2 is 1.97 bits per heavy atom. The van der Waals surface area contributed by atoms with Crippen LogP contribution in [0.2, 0.25) is 0 Å². The highest BCUT2D eigenvalue weighted by Gasteiger charge is 2.27. The number of halogens is 1. The van der Waals surface area contributed by atoms with E-state index in [1.54, 1.807) is 4.90 Å². The van der Waals surface area contributed by atoms with Gasteiger partial charge in [-0.05, 0) is 51.8 Å². The molecule has 0 aliphatic carbocycles. The molecule has 0 unspecified atom stereocenters. The highest BCUT2D eigenvalue weighted by atomic mass is 32.2. The molecule has 1 aliphatic rings. The molecule has 11 heteroatoms. The van der Waals surface area contributed by atoms with E-state index < -0.39 is 26.2 Å². The fraction of sp³-hybridized carbons (Fsp3) is 0.550. The van der Waals surface area contributed by atoms with Crippen molar-refractivity contribution in [3.05, 3.63) is 29.8 Å². The number of rotatable bonds is 5. The van der Waals surface area contributed by atoms with Crippen LogP contribution in [0.5, 0.6) is 0 Å². The highest BCUT2D eigenvalue weighted by molar-refractivity contribution is 7.90. The smallest absolute Gasteiger partial charge is 0.410 e. The standard InChI is InChI=1S/C20H26FN3O6S/c1-20(2,3)29-19(25)24-9-7-14(8-10-24)28-12-17-22-18(30-23-17)13-5-6-16(15(21)11-13)31(4,26)27/h5-6,11,14H,7-10,12H2,1-4H3. The van der Waals surface area contributed by atoms with Gasteiger partial charge in [0.1, 0.15) is 22.9 Å². The maximum absolute atomic E-state index is 14.1. The van der Waals surface area contributed by atoms with Crippen LogP contribution in [0.25, 0.3) is 11.5 Å². The topological polar surface area (TPSA) is 112 Å². The molecule has 0 atom stereocenters. The zero-order chi connectivity index (χ0) is 22.8. The van der Waals surface area contributed by atoms with Gasteiger partial charge in [0.25, 0.3) is 5.89 Å². The molecule has 0 radical (unpaired) electrons. The van der Waals surface area contributed by atoms with Gasteiger partial charge >= 0.3 is 6.09 Å². The van der Waals surface area contributed by atoms with E-state index in [9.17, 15) is 17.6 Å². The first-order valence-electron chi connectivity index (χ1n) is 9.84. The van der Waals surface area contributed by atoms with Crippen LogP contribution in [0.15, 0.2) is 27.6 Å². The summed E-state index contributed by atoms with van der Waals surface area (Å²) in [6, 6.07) is 3.61. The molecule has 1 aromatic heterocycles. The average Bonchev–Trinajstić information content (AvgIpc) is 3.13. The van der Waals surface area contributed by atoms with Gasteiger partial charge in [-0.2, -0.15) is 4.98 Å². The number of carbonyl (C=O) groups is 1. The van der Waals surface area contributed by atoms with Crippen LogP contribution >= 0.6 is 0 Å². The zero-order valence-electron chi connectivity index (χ0n) is 17.9. The lowest BCUT2D eigenvalue weighted by Gasteiger charge is -2.33. The molecule has 3 rings (SSSR count). The van der Waals surface area contributed by atoms with Gasteiger partial charge in [-0.15, -0.1) is 0 Å². The van der Waals surface area contributed by atoms with Gasteiger partial charge in [-0.1, -0.05) is 5.16 Å². The summed E-state index contributed by atoms with van der Waals surface area (Å²) in [4.78, 5) is 17.6. The summed E-state index contributed by atoms with van der Waals surface area (Å²) in [5, 5.41) is 3.82. The first kappa shape index (κ1) is 23.1. The molecule has 1 fully saturated rings. The van der Waals surface area contributed by atoms with E-state index in [-0.39, 0.29) is 36.1 Å². The summed E-state index contributed by atoms with van der Waals surface area (Å²) in [5.41, 5.74) is -0.260. The lowest BCUT2D eigenvalue weighted by atomic mass is 10.1. The number of nitrogens with zero attached hydrogens (tertiary/aromatic N) is 3. The Bertz CT molecular complexity index is 1040. The van der Waals surface area contributed by atoms with Gasteiger partial charge < -0.3 is 18.9 Å². The van der Waals surface area contributed by atoms with Crippen LogP contribution in [-0.4, -0.2) is 60.6 Å². The van der Waals surface area contributed by atoms with Crippen LogP contribution in [0.3, 0.4) is 0 Å². The van der Waals surface area contributed by atoms with Crippen molar-refractivity contribution in [3.8, 4) is 11.5 Å². The quantitative estimate of drug-likeness (QED) is 0.676. The molecule has 1 aliphatic heterocycles. The lowest BCUT2D eigenvalue weighted by molar-refractivity contribution is -0.0190. The molecular formula is C20H26FN3O6S. The summed E-state index contributed by atoms with van der Waals surface area (Å²) in [6.07, 6.45) is 1.85. The molecule has 0 spiro atoms. The first-order chi connectivity index (χ1) is 14.4. The Balaban J connectivity index is 1.53. The molecule has 31 heavy (non-hydrogen) atoms. The number of sulfone groups is 1. The van der Waals surface area contributed by atoms with Gasteiger partial charge in [0, 0.05) is 24.9 Å². The van der Waals surface area contributed by atoms with Crippen LogP contribution < -0.4 is 0 Å². The minimum atomic E-state index is -3.66. The average molecular weight is 456 g/mol. The van der Waals surface area contributed by atoms with Crippen LogP contribution in [0.1, 0.15) is 39.4 Å². The summed E-state index contributed by atoms with van der Waals surface area (Å²) in [6.45, 7) is 6.65. The molecule has 2 heterocycles. The molecule has 1 amide bonds. The third kappa shape index (κ3) is 6.23. The van der Waals surface area contributed by atoms with Crippen molar-refractivity contribution < 1.29 is 31.6 Å². The number of piperidine rings is 1. The van der Waals surface area contributed by atoms with Crippen molar-refractivity contribution in [2.75, 3.05) is 19.3 Å². The van der Waals surface area contributed by atoms with Gasteiger partial charge in [-0.25, -0.2) is 17.6 Å².